The van der Waals surface area contributed by atoms with Gasteiger partial charge in [0.05, 0.1) is 0 Å². The van der Waals surface area contributed by atoms with E-state index in [1.54, 1.807) is 0 Å². The van der Waals surface area contributed by atoms with E-state index < -0.39 is 0 Å². The van der Waals surface area contributed by atoms with Gasteiger partial charge in [-0.2, -0.15) is 0 Å². The van der Waals surface area contributed by atoms with E-state index in [0.717, 1.165) is 25.7 Å². The standard InChI is InChI=1S/C13H20O3/c14-12(15-10-6-2-3-7-10)11-13(16-11)8-4-1-5-9-13/h10-11H,1-9H2. The van der Waals surface area contributed by atoms with E-state index >= 15 is 0 Å². The minimum absolute atomic E-state index is 0.0891. The quantitative estimate of drug-likeness (QED) is 0.534. The van der Waals surface area contributed by atoms with Crippen LogP contribution in [0.15, 0.2) is 0 Å². The van der Waals surface area contributed by atoms with Gasteiger partial charge < -0.3 is 9.47 Å². The fraction of sp³-hybridized carbons (Fsp3) is 0.923. The molecule has 0 bridgehead atoms. The van der Waals surface area contributed by atoms with Crippen LogP contribution >= 0.6 is 0 Å². The molecule has 1 aliphatic heterocycles. The van der Waals surface area contributed by atoms with Crippen molar-refractivity contribution < 1.29 is 14.3 Å². The zero-order valence-electron chi connectivity index (χ0n) is 9.74. The Morgan fingerprint density at radius 2 is 1.75 bits per heavy atom. The van der Waals surface area contributed by atoms with Gasteiger partial charge in [0.25, 0.3) is 0 Å². The van der Waals surface area contributed by atoms with E-state index in [0.29, 0.717) is 0 Å². The summed E-state index contributed by atoms with van der Waals surface area (Å²) in [5, 5.41) is 0. The molecule has 3 rings (SSSR count). The fourth-order valence-corrected chi connectivity index (χ4v) is 3.23. The van der Waals surface area contributed by atoms with Gasteiger partial charge >= 0.3 is 5.97 Å². The number of ether oxygens (including phenoxy) is 2. The number of carbonyl (C=O) groups is 1. The highest BCUT2D eigenvalue weighted by molar-refractivity contribution is 5.79. The van der Waals surface area contributed by atoms with E-state index in [2.05, 4.69) is 0 Å². The molecule has 0 aromatic carbocycles. The smallest absolute Gasteiger partial charge is 0.338 e. The number of carbonyl (C=O) groups excluding carboxylic acids is 1. The predicted molar refractivity (Wildman–Crippen MR) is 59.0 cm³/mol. The second kappa shape index (κ2) is 4.02. The van der Waals surface area contributed by atoms with Crippen molar-refractivity contribution in [3.05, 3.63) is 0 Å². The fourth-order valence-electron chi connectivity index (χ4n) is 3.23. The Morgan fingerprint density at radius 1 is 1.06 bits per heavy atom. The molecule has 0 radical (unpaired) electrons. The van der Waals surface area contributed by atoms with Gasteiger partial charge in [-0.15, -0.1) is 0 Å². The number of hydrogen-bond acceptors (Lipinski definition) is 3. The van der Waals surface area contributed by atoms with Crippen LogP contribution in [0, 0.1) is 0 Å². The lowest BCUT2D eigenvalue weighted by Crippen LogP contribution is -2.27. The second-order valence-electron chi connectivity index (χ2n) is 5.47. The van der Waals surface area contributed by atoms with Gasteiger partial charge in [-0.1, -0.05) is 19.3 Å². The van der Waals surface area contributed by atoms with E-state index in [1.165, 1.54) is 32.1 Å². The molecule has 2 saturated carbocycles. The predicted octanol–water partition coefficient (Wildman–Crippen LogP) is 2.57. The first kappa shape index (κ1) is 10.6. The van der Waals surface area contributed by atoms with Gasteiger partial charge in [-0.25, -0.2) is 4.79 Å². The largest absolute Gasteiger partial charge is 0.460 e. The molecule has 0 aromatic rings. The van der Waals surface area contributed by atoms with Gasteiger partial charge in [0, 0.05) is 0 Å². The van der Waals surface area contributed by atoms with Crippen molar-refractivity contribution in [3.63, 3.8) is 0 Å². The third kappa shape index (κ3) is 1.86. The number of rotatable bonds is 2. The Morgan fingerprint density at radius 3 is 2.44 bits per heavy atom. The average molecular weight is 224 g/mol. The Bertz CT molecular complexity index is 275. The Kier molecular flexibility index (Phi) is 2.66. The molecule has 3 heteroatoms. The maximum absolute atomic E-state index is 11.9. The monoisotopic (exact) mass is 224 g/mol. The summed E-state index contributed by atoms with van der Waals surface area (Å²) >= 11 is 0. The van der Waals surface area contributed by atoms with E-state index in [1.807, 2.05) is 0 Å². The molecule has 1 atom stereocenters. The maximum Gasteiger partial charge on any atom is 0.338 e. The third-order valence-corrected chi connectivity index (χ3v) is 4.27. The van der Waals surface area contributed by atoms with Crippen molar-refractivity contribution in [2.24, 2.45) is 0 Å². The normalized spacial score (nSPS) is 32.9. The SMILES string of the molecule is O=C(OC1CCCC1)C1OC12CCCCC2. The first-order valence-corrected chi connectivity index (χ1v) is 6.68. The highest BCUT2D eigenvalue weighted by atomic mass is 16.7. The lowest BCUT2D eigenvalue weighted by molar-refractivity contribution is -0.150. The van der Waals surface area contributed by atoms with Crippen molar-refractivity contribution in [1.29, 1.82) is 0 Å². The van der Waals surface area contributed by atoms with Crippen molar-refractivity contribution in [1.82, 2.24) is 0 Å². The zero-order chi connectivity index (χ0) is 11.0. The van der Waals surface area contributed by atoms with Crippen LogP contribution < -0.4 is 0 Å². The molecule has 3 nitrogen and oxygen atoms in total. The summed E-state index contributed by atoms with van der Waals surface area (Å²) in [4.78, 5) is 11.9. The molecule has 3 aliphatic rings. The Balaban J connectivity index is 1.52. The zero-order valence-corrected chi connectivity index (χ0v) is 9.74. The maximum atomic E-state index is 11.9. The lowest BCUT2D eigenvalue weighted by atomic mass is 9.86. The molecule has 1 unspecified atom stereocenters. The van der Waals surface area contributed by atoms with E-state index in [-0.39, 0.29) is 23.8 Å². The van der Waals surface area contributed by atoms with Crippen LogP contribution in [0.1, 0.15) is 57.8 Å². The summed E-state index contributed by atoms with van der Waals surface area (Å²) < 4.78 is 11.1. The molecular weight excluding hydrogens is 204 g/mol. The highest BCUT2D eigenvalue weighted by Gasteiger charge is 2.61. The topological polar surface area (TPSA) is 38.8 Å². The minimum atomic E-state index is -0.228. The Labute approximate surface area is 96.5 Å². The van der Waals surface area contributed by atoms with Crippen molar-refractivity contribution >= 4 is 5.97 Å². The molecule has 1 spiro atoms. The van der Waals surface area contributed by atoms with Crippen LogP contribution in [0.3, 0.4) is 0 Å². The van der Waals surface area contributed by atoms with Gasteiger partial charge in [-0.05, 0) is 38.5 Å². The van der Waals surface area contributed by atoms with Crippen molar-refractivity contribution in [2.75, 3.05) is 0 Å². The molecule has 3 fully saturated rings. The summed E-state index contributed by atoms with van der Waals surface area (Å²) in [5.41, 5.74) is -0.103. The molecule has 1 heterocycles. The number of esters is 1. The minimum Gasteiger partial charge on any atom is -0.460 e. The molecule has 0 aromatic heterocycles. The molecular formula is C13H20O3. The summed E-state index contributed by atoms with van der Waals surface area (Å²) in [5.74, 6) is -0.0891. The van der Waals surface area contributed by atoms with Crippen LogP contribution in [0.2, 0.25) is 0 Å². The van der Waals surface area contributed by atoms with Crippen LogP contribution in [-0.2, 0) is 14.3 Å². The molecule has 0 N–H and O–H groups in total. The number of hydrogen-bond donors (Lipinski definition) is 0. The van der Waals surface area contributed by atoms with Gasteiger partial charge in [-0.3, -0.25) is 0 Å². The van der Waals surface area contributed by atoms with Crippen LogP contribution in [0.25, 0.3) is 0 Å². The number of epoxide rings is 1. The van der Waals surface area contributed by atoms with Gasteiger partial charge in [0.1, 0.15) is 11.7 Å². The molecule has 1 saturated heterocycles. The Hall–Kier alpha value is -0.570. The molecule has 90 valence electrons. The summed E-state index contributed by atoms with van der Waals surface area (Å²) in [6.07, 6.45) is 10.2. The van der Waals surface area contributed by atoms with Gasteiger partial charge in [0.2, 0.25) is 0 Å². The average Bonchev–Trinajstić information content (AvgIpc) is 2.76. The van der Waals surface area contributed by atoms with Gasteiger partial charge in [0.15, 0.2) is 6.10 Å². The molecule has 0 amide bonds. The summed E-state index contributed by atoms with van der Waals surface area (Å²) in [6, 6.07) is 0. The lowest BCUT2D eigenvalue weighted by Gasteiger charge is -2.18. The van der Waals surface area contributed by atoms with Crippen LogP contribution in [-0.4, -0.2) is 23.8 Å². The first-order valence-electron chi connectivity index (χ1n) is 6.68. The van der Waals surface area contributed by atoms with E-state index in [9.17, 15) is 4.79 Å². The van der Waals surface area contributed by atoms with E-state index in [4.69, 9.17) is 9.47 Å². The van der Waals surface area contributed by atoms with Crippen LogP contribution in [0.4, 0.5) is 0 Å². The molecule has 16 heavy (non-hydrogen) atoms. The third-order valence-electron chi connectivity index (χ3n) is 4.27. The highest BCUT2D eigenvalue weighted by Crippen LogP contribution is 2.48. The summed E-state index contributed by atoms with van der Waals surface area (Å²) in [6.45, 7) is 0. The summed E-state index contributed by atoms with van der Waals surface area (Å²) in [7, 11) is 0. The van der Waals surface area contributed by atoms with Crippen molar-refractivity contribution in [2.45, 2.75) is 75.6 Å². The van der Waals surface area contributed by atoms with Crippen LogP contribution in [0.5, 0.6) is 0 Å². The van der Waals surface area contributed by atoms with Crippen molar-refractivity contribution in [3.8, 4) is 0 Å². The molecule has 2 aliphatic carbocycles. The second-order valence-corrected chi connectivity index (χ2v) is 5.47. The first-order chi connectivity index (χ1) is 7.80.